The minimum atomic E-state index is -0.417. The van der Waals surface area contributed by atoms with Gasteiger partial charge in [-0.25, -0.2) is 0 Å². The summed E-state index contributed by atoms with van der Waals surface area (Å²) in [5.41, 5.74) is 3.15. The number of benzene rings is 2. The third-order valence-electron chi connectivity index (χ3n) is 4.04. The Morgan fingerprint density at radius 2 is 1.88 bits per heavy atom. The number of anilines is 1. The number of pyridine rings is 1. The van der Waals surface area contributed by atoms with E-state index in [4.69, 9.17) is 4.74 Å². The zero-order chi connectivity index (χ0) is 18.5. The summed E-state index contributed by atoms with van der Waals surface area (Å²) in [5, 5.41) is 3.72. The molecule has 0 unspecified atom stereocenters. The lowest BCUT2D eigenvalue weighted by Gasteiger charge is -2.15. The van der Waals surface area contributed by atoms with E-state index in [2.05, 4.69) is 10.3 Å². The van der Waals surface area contributed by atoms with Crippen molar-refractivity contribution >= 4 is 28.5 Å². The molecule has 1 heterocycles. The summed E-state index contributed by atoms with van der Waals surface area (Å²) >= 11 is 0. The first kappa shape index (κ1) is 17.6. The molecule has 0 bridgehead atoms. The molecule has 0 fully saturated rings. The number of rotatable bonds is 5. The highest BCUT2D eigenvalue weighted by atomic mass is 16.5. The minimum absolute atomic E-state index is 0.143. The van der Waals surface area contributed by atoms with Crippen LogP contribution in [-0.4, -0.2) is 16.9 Å². The van der Waals surface area contributed by atoms with Gasteiger partial charge < -0.3 is 10.1 Å². The molecule has 2 aromatic carbocycles. The Hall–Kier alpha value is -3.21. The summed E-state index contributed by atoms with van der Waals surface area (Å²) in [6.45, 7) is 3.26. The third-order valence-corrected chi connectivity index (χ3v) is 4.04. The Kier molecular flexibility index (Phi) is 5.27. The van der Waals surface area contributed by atoms with Crippen molar-refractivity contribution in [2.75, 3.05) is 5.32 Å². The zero-order valence-corrected chi connectivity index (χ0v) is 14.7. The van der Waals surface area contributed by atoms with Gasteiger partial charge in [-0.15, -0.1) is 0 Å². The van der Waals surface area contributed by atoms with Crippen LogP contribution >= 0.6 is 0 Å². The quantitative estimate of drug-likeness (QED) is 0.707. The van der Waals surface area contributed by atoms with Gasteiger partial charge in [0, 0.05) is 24.2 Å². The van der Waals surface area contributed by atoms with Gasteiger partial charge in [0.2, 0.25) is 5.91 Å². The highest BCUT2D eigenvalue weighted by Gasteiger charge is 2.14. The summed E-state index contributed by atoms with van der Waals surface area (Å²) in [4.78, 5) is 27.9. The monoisotopic (exact) mass is 348 g/mol. The smallest absolute Gasteiger partial charge is 0.310 e. The molecule has 132 valence electrons. The number of nitrogens with zero attached hydrogens (tertiary/aromatic N) is 1. The van der Waals surface area contributed by atoms with E-state index in [1.807, 2.05) is 49.4 Å². The van der Waals surface area contributed by atoms with Gasteiger partial charge in [-0.3, -0.25) is 14.6 Å². The number of fused-ring (bicyclic) bond motifs is 1. The maximum atomic E-state index is 12.4. The minimum Gasteiger partial charge on any atom is -0.458 e. The Morgan fingerprint density at radius 3 is 2.69 bits per heavy atom. The average Bonchev–Trinajstić information content (AvgIpc) is 2.61. The second kappa shape index (κ2) is 7.78. The van der Waals surface area contributed by atoms with Gasteiger partial charge in [-0.05, 0) is 36.2 Å². The fraction of sp³-hybridized carbons (Fsp3) is 0.190. The van der Waals surface area contributed by atoms with Gasteiger partial charge in [-0.1, -0.05) is 36.4 Å². The fourth-order valence-corrected chi connectivity index (χ4v) is 2.84. The maximum absolute atomic E-state index is 12.4. The normalized spacial score (nSPS) is 11.8. The van der Waals surface area contributed by atoms with E-state index in [-0.39, 0.29) is 18.3 Å². The molecule has 0 aliphatic heterocycles. The second-order valence-electron chi connectivity index (χ2n) is 6.11. The van der Waals surface area contributed by atoms with Crippen LogP contribution in [0.2, 0.25) is 0 Å². The van der Waals surface area contributed by atoms with Gasteiger partial charge >= 0.3 is 5.97 Å². The molecule has 0 aliphatic rings. The largest absolute Gasteiger partial charge is 0.458 e. The van der Waals surface area contributed by atoms with Crippen LogP contribution in [0, 0.1) is 0 Å². The number of aromatic nitrogens is 1. The molecule has 1 amide bonds. The molecule has 26 heavy (non-hydrogen) atoms. The molecule has 5 nitrogen and oxygen atoms in total. The van der Waals surface area contributed by atoms with Crippen molar-refractivity contribution in [1.29, 1.82) is 0 Å². The molecule has 5 heteroatoms. The lowest BCUT2D eigenvalue weighted by molar-refractivity contribution is -0.147. The van der Waals surface area contributed by atoms with Crippen LogP contribution in [0.15, 0.2) is 60.8 Å². The van der Waals surface area contributed by atoms with Gasteiger partial charge in [0.05, 0.1) is 11.9 Å². The highest BCUT2D eigenvalue weighted by Crippen LogP contribution is 2.22. The maximum Gasteiger partial charge on any atom is 0.310 e. The fourth-order valence-electron chi connectivity index (χ4n) is 2.84. The summed E-state index contributed by atoms with van der Waals surface area (Å²) in [7, 11) is 0. The first-order valence-electron chi connectivity index (χ1n) is 8.42. The van der Waals surface area contributed by atoms with E-state index in [1.165, 1.54) is 6.92 Å². The van der Waals surface area contributed by atoms with Crippen molar-refractivity contribution in [1.82, 2.24) is 4.98 Å². The third kappa shape index (κ3) is 4.25. The molecule has 0 radical (unpaired) electrons. The summed E-state index contributed by atoms with van der Waals surface area (Å²) < 4.78 is 5.57. The van der Waals surface area contributed by atoms with Crippen LogP contribution < -0.4 is 5.32 Å². The van der Waals surface area contributed by atoms with Gasteiger partial charge in [-0.2, -0.15) is 0 Å². The molecule has 1 atom stereocenters. The Bertz CT molecular complexity index is 947. The standard InChI is InChI=1S/C21H20N2O3/c1-14(17-7-4-10-19(12-17)23-15(2)24)26-20(25)13-18-8-3-6-16-9-5-11-22-21(16)18/h3-12,14H,13H2,1-2H3,(H,23,24)/t14-/m0/s1. The molecule has 0 aliphatic carbocycles. The van der Waals surface area contributed by atoms with Crippen LogP contribution in [-0.2, 0) is 20.7 Å². The Balaban J connectivity index is 1.70. The number of esters is 1. The van der Waals surface area contributed by atoms with E-state index >= 15 is 0 Å². The average molecular weight is 348 g/mol. The number of carbonyl (C=O) groups is 2. The van der Waals surface area contributed by atoms with Crippen molar-refractivity contribution in [2.24, 2.45) is 0 Å². The lowest BCUT2D eigenvalue weighted by Crippen LogP contribution is -2.12. The Morgan fingerprint density at radius 1 is 1.12 bits per heavy atom. The summed E-state index contributed by atoms with van der Waals surface area (Å²) in [6, 6.07) is 16.9. The summed E-state index contributed by atoms with van der Waals surface area (Å²) in [5.74, 6) is -0.462. The van der Waals surface area contributed by atoms with E-state index in [0.29, 0.717) is 5.69 Å². The predicted octanol–water partition coefficient (Wildman–Crippen LogP) is 4.04. The van der Waals surface area contributed by atoms with Gasteiger partial charge in [0.25, 0.3) is 0 Å². The number of amides is 1. The number of carbonyl (C=O) groups excluding carboxylic acids is 2. The van der Waals surface area contributed by atoms with Crippen LogP contribution in [0.3, 0.4) is 0 Å². The predicted molar refractivity (Wildman–Crippen MR) is 101 cm³/mol. The van der Waals surface area contributed by atoms with Crippen molar-refractivity contribution in [3.63, 3.8) is 0 Å². The first-order valence-corrected chi connectivity index (χ1v) is 8.42. The molecular formula is C21H20N2O3. The molecule has 1 N–H and O–H groups in total. The van der Waals surface area contributed by atoms with Crippen LogP contribution in [0.25, 0.3) is 10.9 Å². The lowest BCUT2D eigenvalue weighted by atomic mass is 10.1. The topological polar surface area (TPSA) is 68.3 Å². The first-order chi connectivity index (χ1) is 12.5. The number of ether oxygens (including phenoxy) is 1. The van der Waals surface area contributed by atoms with Crippen molar-refractivity contribution in [3.05, 3.63) is 71.9 Å². The Labute approximate surface area is 152 Å². The zero-order valence-electron chi connectivity index (χ0n) is 14.7. The van der Waals surface area contributed by atoms with E-state index in [0.717, 1.165) is 22.0 Å². The van der Waals surface area contributed by atoms with Crippen LogP contribution in [0.4, 0.5) is 5.69 Å². The van der Waals surface area contributed by atoms with Crippen molar-refractivity contribution in [2.45, 2.75) is 26.4 Å². The molecule has 3 rings (SSSR count). The SMILES string of the molecule is CC(=O)Nc1cccc([C@H](C)OC(=O)Cc2cccc3cccnc23)c1. The van der Waals surface area contributed by atoms with Crippen molar-refractivity contribution in [3.8, 4) is 0 Å². The number of para-hydroxylation sites is 1. The molecule has 0 spiro atoms. The molecular weight excluding hydrogens is 328 g/mol. The molecule has 0 saturated heterocycles. The van der Waals surface area contributed by atoms with Crippen LogP contribution in [0.1, 0.15) is 31.1 Å². The van der Waals surface area contributed by atoms with E-state index < -0.39 is 6.10 Å². The molecule has 3 aromatic rings. The molecule has 1 aromatic heterocycles. The molecule has 0 saturated carbocycles. The van der Waals surface area contributed by atoms with E-state index in [1.54, 1.807) is 18.3 Å². The van der Waals surface area contributed by atoms with Gasteiger partial charge in [0.15, 0.2) is 0 Å². The summed E-state index contributed by atoms with van der Waals surface area (Å²) in [6.07, 6.45) is 1.45. The number of nitrogens with one attached hydrogen (secondary N) is 1. The van der Waals surface area contributed by atoms with Crippen molar-refractivity contribution < 1.29 is 14.3 Å². The second-order valence-corrected chi connectivity index (χ2v) is 6.11. The van der Waals surface area contributed by atoms with E-state index in [9.17, 15) is 9.59 Å². The number of hydrogen-bond acceptors (Lipinski definition) is 4. The van der Waals surface area contributed by atoms with Gasteiger partial charge in [0.1, 0.15) is 6.10 Å². The number of hydrogen-bond donors (Lipinski definition) is 1. The highest BCUT2D eigenvalue weighted by molar-refractivity contribution is 5.88. The van der Waals surface area contributed by atoms with Crippen LogP contribution in [0.5, 0.6) is 0 Å².